The number of hydrogen-bond acceptors (Lipinski definition) is 2. The zero-order chi connectivity index (χ0) is 8.60. The highest BCUT2D eigenvalue weighted by Crippen LogP contribution is 2.42. The summed E-state index contributed by atoms with van der Waals surface area (Å²) >= 11 is 0. The molecule has 0 aromatic carbocycles. The molecule has 68 valence electrons. The summed E-state index contributed by atoms with van der Waals surface area (Å²) in [6.07, 6.45) is 5.71. The van der Waals surface area contributed by atoms with E-state index in [1.54, 1.807) is 0 Å². The molecule has 0 aromatic rings. The molecule has 0 unspecified atom stereocenters. The third kappa shape index (κ3) is 1.09. The Kier molecular flexibility index (Phi) is 1.95. The Labute approximate surface area is 73.3 Å². The minimum atomic E-state index is -0.136. The second-order valence-corrected chi connectivity index (χ2v) is 4.16. The highest BCUT2D eigenvalue weighted by atomic mass is 16.5. The van der Waals surface area contributed by atoms with E-state index in [-0.39, 0.29) is 11.5 Å². The van der Waals surface area contributed by atoms with Gasteiger partial charge >= 0.3 is 0 Å². The third-order valence-corrected chi connectivity index (χ3v) is 3.31. The van der Waals surface area contributed by atoms with Crippen molar-refractivity contribution in [3.05, 3.63) is 0 Å². The number of rotatable bonds is 0. The highest BCUT2D eigenvalue weighted by molar-refractivity contribution is 5.90. The topological polar surface area (TPSA) is 26.3 Å². The summed E-state index contributed by atoms with van der Waals surface area (Å²) in [7, 11) is 0. The Morgan fingerprint density at radius 2 is 2.00 bits per heavy atom. The van der Waals surface area contributed by atoms with Crippen LogP contribution in [0, 0.1) is 5.41 Å². The highest BCUT2D eigenvalue weighted by Gasteiger charge is 2.47. The van der Waals surface area contributed by atoms with E-state index in [1.807, 2.05) is 6.92 Å². The first kappa shape index (κ1) is 8.24. The van der Waals surface area contributed by atoms with E-state index in [1.165, 1.54) is 19.3 Å². The average Bonchev–Trinajstić information content (AvgIpc) is 2.37. The van der Waals surface area contributed by atoms with Crippen LogP contribution in [-0.2, 0) is 9.53 Å². The van der Waals surface area contributed by atoms with E-state index in [2.05, 4.69) is 0 Å². The Morgan fingerprint density at radius 1 is 1.33 bits per heavy atom. The van der Waals surface area contributed by atoms with Gasteiger partial charge in [-0.05, 0) is 19.8 Å². The van der Waals surface area contributed by atoms with Gasteiger partial charge in [0.1, 0.15) is 6.10 Å². The van der Waals surface area contributed by atoms with Gasteiger partial charge in [-0.15, -0.1) is 0 Å². The molecule has 2 heteroatoms. The molecule has 0 radical (unpaired) electrons. The first-order valence-corrected chi connectivity index (χ1v) is 4.91. The summed E-state index contributed by atoms with van der Waals surface area (Å²) < 4.78 is 5.41. The summed E-state index contributed by atoms with van der Waals surface area (Å²) in [5.41, 5.74) is -0.0579. The van der Waals surface area contributed by atoms with E-state index < -0.39 is 0 Å². The second-order valence-electron chi connectivity index (χ2n) is 4.16. The van der Waals surface area contributed by atoms with E-state index in [4.69, 9.17) is 4.74 Å². The van der Waals surface area contributed by atoms with E-state index >= 15 is 0 Å². The molecule has 1 heterocycles. The standard InChI is InChI=1S/C10H16O2/c1-8-9(11)10(7-12-8)5-3-2-4-6-10/h8H,2-7H2,1H3/t8-/m1/s1. The molecular formula is C10H16O2. The number of carbonyl (C=O) groups excluding carboxylic acids is 1. The smallest absolute Gasteiger partial charge is 0.169 e. The van der Waals surface area contributed by atoms with Gasteiger partial charge in [0.25, 0.3) is 0 Å². The van der Waals surface area contributed by atoms with Crippen LogP contribution in [0.15, 0.2) is 0 Å². The van der Waals surface area contributed by atoms with Crippen molar-refractivity contribution in [2.75, 3.05) is 6.61 Å². The molecule has 2 rings (SSSR count). The monoisotopic (exact) mass is 168 g/mol. The molecule has 1 saturated carbocycles. The third-order valence-electron chi connectivity index (χ3n) is 3.31. The Hall–Kier alpha value is -0.370. The van der Waals surface area contributed by atoms with Crippen molar-refractivity contribution >= 4 is 5.78 Å². The quantitative estimate of drug-likeness (QED) is 0.552. The van der Waals surface area contributed by atoms with Gasteiger partial charge in [0, 0.05) is 0 Å². The largest absolute Gasteiger partial charge is 0.370 e. The molecule has 0 bridgehead atoms. The summed E-state index contributed by atoms with van der Waals surface area (Å²) in [4.78, 5) is 11.8. The maximum Gasteiger partial charge on any atom is 0.169 e. The van der Waals surface area contributed by atoms with Gasteiger partial charge in [0.05, 0.1) is 12.0 Å². The summed E-state index contributed by atoms with van der Waals surface area (Å²) in [5, 5.41) is 0. The van der Waals surface area contributed by atoms with E-state index in [0.717, 1.165) is 12.8 Å². The summed E-state index contributed by atoms with van der Waals surface area (Å²) in [5.74, 6) is 0.363. The molecule has 2 aliphatic rings. The fraction of sp³-hybridized carbons (Fsp3) is 0.900. The number of Topliss-reactive ketones (excluding diaryl/α,β-unsaturated/α-hetero) is 1. The molecule has 0 N–H and O–H groups in total. The molecule has 1 atom stereocenters. The predicted octanol–water partition coefficient (Wildman–Crippen LogP) is 1.92. The Morgan fingerprint density at radius 3 is 2.50 bits per heavy atom. The fourth-order valence-corrected chi connectivity index (χ4v) is 2.48. The van der Waals surface area contributed by atoms with Gasteiger partial charge in [-0.1, -0.05) is 19.3 Å². The van der Waals surface area contributed by atoms with Crippen molar-refractivity contribution < 1.29 is 9.53 Å². The maximum atomic E-state index is 11.8. The lowest BCUT2D eigenvalue weighted by molar-refractivity contribution is -0.128. The van der Waals surface area contributed by atoms with Crippen LogP contribution in [0.5, 0.6) is 0 Å². The molecule has 12 heavy (non-hydrogen) atoms. The lowest BCUT2D eigenvalue weighted by Gasteiger charge is -2.29. The van der Waals surface area contributed by atoms with E-state index in [0.29, 0.717) is 12.4 Å². The molecule has 2 nitrogen and oxygen atoms in total. The van der Waals surface area contributed by atoms with Crippen molar-refractivity contribution in [2.24, 2.45) is 5.41 Å². The first-order valence-electron chi connectivity index (χ1n) is 4.91. The lowest BCUT2D eigenvalue weighted by atomic mass is 9.72. The first-order chi connectivity index (χ1) is 5.75. The lowest BCUT2D eigenvalue weighted by Crippen LogP contribution is -2.33. The molecule has 1 aliphatic carbocycles. The van der Waals surface area contributed by atoms with Crippen LogP contribution in [0.25, 0.3) is 0 Å². The molecule has 0 amide bonds. The van der Waals surface area contributed by atoms with Crippen LogP contribution in [0.3, 0.4) is 0 Å². The predicted molar refractivity (Wildman–Crippen MR) is 45.9 cm³/mol. The fourth-order valence-electron chi connectivity index (χ4n) is 2.48. The van der Waals surface area contributed by atoms with Gasteiger partial charge in [0.2, 0.25) is 0 Å². The van der Waals surface area contributed by atoms with Crippen LogP contribution in [0.1, 0.15) is 39.0 Å². The molecule has 1 aliphatic heterocycles. The van der Waals surface area contributed by atoms with Crippen LogP contribution in [0.4, 0.5) is 0 Å². The van der Waals surface area contributed by atoms with Crippen molar-refractivity contribution in [3.8, 4) is 0 Å². The number of carbonyl (C=O) groups is 1. The molecular weight excluding hydrogens is 152 g/mol. The number of hydrogen-bond donors (Lipinski definition) is 0. The Balaban J connectivity index is 2.14. The van der Waals surface area contributed by atoms with Gasteiger partial charge in [-0.2, -0.15) is 0 Å². The zero-order valence-electron chi connectivity index (χ0n) is 7.64. The van der Waals surface area contributed by atoms with E-state index in [9.17, 15) is 4.79 Å². The second kappa shape index (κ2) is 2.84. The van der Waals surface area contributed by atoms with Crippen molar-refractivity contribution in [3.63, 3.8) is 0 Å². The number of ether oxygens (including phenoxy) is 1. The molecule has 1 saturated heterocycles. The van der Waals surface area contributed by atoms with Gasteiger partial charge in [-0.3, -0.25) is 4.79 Å². The molecule has 2 fully saturated rings. The Bertz CT molecular complexity index is 187. The summed E-state index contributed by atoms with van der Waals surface area (Å²) in [6.45, 7) is 2.57. The van der Waals surface area contributed by atoms with Gasteiger partial charge in [0.15, 0.2) is 5.78 Å². The molecule has 0 aromatic heterocycles. The molecule has 1 spiro atoms. The van der Waals surface area contributed by atoms with Crippen LogP contribution in [0.2, 0.25) is 0 Å². The van der Waals surface area contributed by atoms with Gasteiger partial charge < -0.3 is 4.74 Å². The minimum Gasteiger partial charge on any atom is -0.370 e. The minimum absolute atomic E-state index is 0.0579. The van der Waals surface area contributed by atoms with Gasteiger partial charge in [-0.25, -0.2) is 0 Å². The average molecular weight is 168 g/mol. The van der Waals surface area contributed by atoms with Crippen molar-refractivity contribution in [1.82, 2.24) is 0 Å². The van der Waals surface area contributed by atoms with Crippen LogP contribution >= 0.6 is 0 Å². The number of ketones is 1. The van der Waals surface area contributed by atoms with Crippen LogP contribution < -0.4 is 0 Å². The zero-order valence-corrected chi connectivity index (χ0v) is 7.64. The van der Waals surface area contributed by atoms with Crippen LogP contribution in [-0.4, -0.2) is 18.5 Å². The normalized spacial score (nSPS) is 34.4. The van der Waals surface area contributed by atoms with Crippen molar-refractivity contribution in [1.29, 1.82) is 0 Å². The van der Waals surface area contributed by atoms with Crippen molar-refractivity contribution in [2.45, 2.75) is 45.1 Å². The summed E-state index contributed by atoms with van der Waals surface area (Å²) in [6, 6.07) is 0. The maximum absolute atomic E-state index is 11.8. The SMILES string of the molecule is C[C@H]1OCC2(CCCCC2)C1=O.